The van der Waals surface area contributed by atoms with Crippen molar-refractivity contribution in [2.75, 3.05) is 7.05 Å². The summed E-state index contributed by atoms with van der Waals surface area (Å²) in [7, 11) is 1.31. The van der Waals surface area contributed by atoms with Crippen LogP contribution in [0.2, 0.25) is 0 Å². The summed E-state index contributed by atoms with van der Waals surface area (Å²) < 4.78 is 36.3. The standard InChI is InChI=1S/C9H12F3N/c1-5-6-7(2)13(4)8(3)9(10,11)12/h5-6H,1,3H2,2,4H3/b7-6+. The molecule has 0 saturated heterocycles. The maximum absolute atomic E-state index is 12.1. The molecule has 0 fully saturated rings. The van der Waals surface area contributed by atoms with Gasteiger partial charge in [0.1, 0.15) is 5.70 Å². The molecule has 0 saturated carbocycles. The van der Waals surface area contributed by atoms with Crippen LogP contribution >= 0.6 is 0 Å². The quantitative estimate of drug-likeness (QED) is 0.619. The molecule has 0 aromatic heterocycles. The molecule has 1 nitrogen and oxygen atoms in total. The second-order valence-corrected chi connectivity index (χ2v) is 2.55. The van der Waals surface area contributed by atoms with Crippen molar-refractivity contribution < 1.29 is 13.2 Å². The molecule has 0 unspecified atom stereocenters. The van der Waals surface area contributed by atoms with Crippen molar-refractivity contribution in [2.45, 2.75) is 13.1 Å². The van der Waals surface area contributed by atoms with Crippen LogP contribution in [-0.2, 0) is 0 Å². The average Bonchev–Trinajstić information content (AvgIpc) is 2.00. The highest BCUT2D eigenvalue weighted by molar-refractivity contribution is 5.15. The zero-order valence-corrected chi connectivity index (χ0v) is 7.65. The first kappa shape index (κ1) is 11.8. The molecular formula is C9H12F3N. The summed E-state index contributed by atoms with van der Waals surface area (Å²) in [5.41, 5.74) is -0.444. The third-order valence-corrected chi connectivity index (χ3v) is 1.62. The minimum Gasteiger partial charge on any atom is -0.345 e. The number of alkyl halides is 3. The van der Waals surface area contributed by atoms with E-state index in [1.54, 1.807) is 6.92 Å². The highest BCUT2D eigenvalue weighted by Crippen LogP contribution is 2.27. The third-order valence-electron chi connectivity index (χ3n) is 1.62. The van der Waals surface area contributed by atoms with Gasteiger partial charge in [0, 0.05) is 12.7 Å². The van der Waals surface area contributed by atoms with Gasteiger partial charge in [0.15, 0.2) is 0 Å². The molecule has 0 heterocycles. The fraction of sp³-hybridized carbons (Fsp3) is 0.333. The van der Waals surface area contributed by atoms with Gasteiger partial charge in [-0.25, -0.2) is 0 Å². The van der Waals surface area contributed by atoms with Crippen molar-refractivity contribution in [3.05, 3.63) is 36.7 Å². The van der Waals surface area contributed by atoms with Crippen LogP contribution in [0.15, 0.2) is 36.7 Å². The summed E-state index contributed by atoms with van der Waals surface area (Å²) in [5.74, 6) is 0. The monoisotopic (exact) mass is 191 g/mol. The first-order valence-corrected chi connectivity index (χ1v) is 3.60. The summed E-state index contributed by atoms with van der Waals surface area (Å²) in [4.78, 5) is 0.974. The molecule has 0 N–H and O–H groups in total. The molecule has 0 aromatic carbocycles. The van der Waals surface area contributed by atoms with Gasteiger partial charge in [-0.3, -0.25) is 0 Å². The van der Waals surface area contributed by atoms with E-state index in [4.69, 9.17) is 0 Å². The molecule has 0 atom stereocenters. The van der Waals surface area contributed by atoms with E-state index in [2.05, 4.69) is 13.2 Å². The second-order valence-electron chi connectivity index (χ2n) is 2.55. The molecule has 0 amide bonds. The lowest BCUT2D eigenvalue weighted by atomic mass is 10.3. The molecule has 13 heavy (non-hydrogen) atoms. The van der Waals surface area contributed by atoms with Crippen molar-refractivity contribution in [3.8, 4) is 0 Å². The fourth-order valence-corrected chi connectivity index (χ4v) is 0.685. The van der Waals surface area contributed by atoms with Gasteiger partial charge in [-0.05, 0) is 13.0 Å². The summed E-state index contributed by atoms with van der Waals surface area (Å²) in [6.07, 6.45) is -1.47. The minimum atomic E-state index is -4.38. The second kappa shape index (κ2) is 4.16. The summed E-state index contributed by atoms with van der Waals surface area (Å²) in [6, 6.07) is 0. The number of rotatable bonds is 3. The van der Waals surface area contributed by atoms with Crippen molar-refractivity contribution in [1.29, 1.82) is 0 Å². The Morgan fingerprint density at radius 3 is 2.15 bits per heavy atom. The molecule has 4 heteroatoms. The normalized spacial score (nSPS) is 12.5. The van der Waals surface area contributed by atoms with Crippen molar-refractivity contribution >= 4 is 0 Å². The Morgan fingerprint density at radius 1 is 1.38 bits per heavy atom. The van der Waals surface area contributed by atoms with Crippen LogP contribution in [0.4, 0.5) is 13.2 Å². The van der Waals surface area contributed by atoms with E-state index in [9.17, 15) is 13.2 Å². The molecule has 0 aromatic rings. The summed E-state index contributed by atoms with van der Waals surface area (Å²) >= 11 is 0. The largest absolute Gasteiger partial charge is 0.430 e. The van der Waals surface area contributed by atoms with Gasteiger partial charge in [0.25, 0.3) is 0 Å². The van der Waals surface area contributed by atoms with Gasteiger partial charge >= 0.3 is 6.18 Å². The first-order chi connectivity index (χ1) is 5.80. The highest BCUT2D eigenvalue weighted by atomic mass is 19.4. The van der Waals surface area contributed by atoms with Gasteiger partial charge in [0.05, 0.1) is 0 Å². The number of allylic oxidation sites excluding steroid dienone is 4. The van der Waals surface area contributed by atoms with E-state index in [0.717, 1.165) is 4.90 Å². The van der Waals surface area contributed by atoms with Gasteiger partial charge in [-0.2, -0.15) is 13.2 Å². The molecular weight excluding hydrogens is 179 g/mol. The zero-order valence-electron chi connectivity index (χ0n) is 7.65. The Labute approximate surface area is 75.8 Å². The van der Waals surface area contributed by atoms with E-state index in [1.165, 1.54) is 19.2 Å². The number of nitrogens with zero attached hydrogens (tertiary/aromatic N) is 1. The van der Waals surface area contributed by atoms with E-state index in [0.29, 0.717) is 5.70 Å². The smallest absolute Gasteiger partial charge is 0.345 e. The Hall–Kier alpha value is -1.19. The molecule has 0 aliphatic carbocycles. The van der Waals surface area contributed by atoms with Crippen LogP contribution in [0.5, 0.6) is 0 Å². The lowest BCUT2D eigenvalue weighted by Gasteiger charge is -2.23. The van der Waals surface area contributed by atoms with Crippen LogP contribution in [-0.4, -0.2) is 18.1 Å². The molecule has 0 spiro atoms. The Balaban J connectivity index is 4.62. The predicted molar refractivity (Wildman–Crippen MR) is 46.9 cm³/mol. The van der Waals surface area contributed by atoms with Crippen LogP contribution < -0.4 is 0 Å². The zero-order chi connectivity index (χ0) is 10.6. The highest BCUT2D eigenvalue weighted by Gasteiger charge is 2.34. The van der Waals surface area contributed by atoms with E-state index >= 15 is 0 Å². The number of hydrogen-bond acceptors (Lipinski definition) is 1. The minimum absolute atomic E-state index is 0.442. The lowest BCUT2D eigenvalue weighted by molar-refractivity contribution is -0.106. The van der Waals surface area contributed by atoms with E-state index in [-0.39, 0.29) is 0 Å². The Morgan fingerprint density at radius 2 is 1.85 bits per heavy atom. The average molecular weight is 191 g/mol. The van der Waals surface area contributed by atoms with Gasteiger partial charge < -0.3 is 4.90 Å². The maximum Gasteiger partial charge on any atom is 0.430 e. The lowest BCUT2D eigenvalue weighted by Crippen LogP contribution is -2.26. The molecule has 74 valence electrons. The van der Waals surface area contributed by atoms with Gasteiger partial charge in [-0.15, -0.1) is 0 Å². The fourth-order valence-electron chi connectivity index (χ4n) is 0.685. The van der Waals surface area contributed by atoms with Crippen LogP contribution in [0.3, 0.4) is 0 Å². The summed E-state index contributed by atoms with van der Waals surface area (Å²) in [6.45, 7) is 7.90. The molecule has 0 bridgehead atoms. The van der Waals surface area contributed by atoms with Crippen molar-refractivity contribution in [3.63, 3.8) is 0 Å². The molecule has 0 rings (SSSR count). The van der Waals surface area contributed by atoms with Crippen molar-refractivity contribution in [1.82, 2.24) is 4.90 Å². The number of halogens is 3. The maximum atomic E-state index is 12.1. The van der Waals surface area contributed by atoms with E-state index in [1.807, 2.05) is 0 Å². The summed E-state index contributed by atoms with van der Waals surface area (Å²) in [5, 5.41) is 0. The molecule has 0 aliphatic rings. The van der Waals surface area contributed by atoms with E-state index < -0.39 is 11.9 Å². The third kappa shape index (κ3) is 3.36. The van der Waals surface area contributed by atoms with Crippen LogP contribution in [0.1, 0.15) is 6.92 Å². The topological polar surface area (TPSA) is 3.24 Å². The molecule has 0 radical (unpaired) electrons. The van der Waals surface area contributed by atoms with Crippen LogP contribution in [0.25, 0.3) is 0 Å². The SMILES string of the molecule is C=C/C=C(\C)N(C)C(=C)C(F)(F)F. The van der Waals surface area contributed by atoms with Crippen molar-refractivity contribution in [2.24, 2.45) is 0 Å². The Bertz CT molecular complexity index is 238. The predicted octanol–water partition coefficient (Wildman–Crippen LogP) is 3.08. The number of hydrogen-bond donors (Lipinski definition) is 0. The van der Waals surface area contributed by atoms with Gasteiger partial charge in [0.2, 0.25) is 0 Å². The first-order valence-electron chi connectivity index (χ1n) is 3.60. The van der Waals surface area contributed by atoms with Gasteiger partial charge in [-0.1, -0.05) is 19.2 Å². The van der Waals surface area contributed by atoms with Crippen LogP contribution in [0, 0.1) is 0 Å². The molecule has 0 aliphatic heterocycles. The Kier molecular flexibility index (Phi) is 3.78.